The van der Waals surface area contributed by atoms with Crippen LogP contribution < -0.4 is 0 Å². The van der Waals surface area contributed by atoms with Crippen LogP contribution in [0, 0.1) is 0 Å². The van der Waals surface area contributed by atoms with Crippen molar-refractivity contribution in [2.24, 2.45) is 0 Å². The van der Waals surface area contributed by atoms with Crippen LogP contribution in [0.25, 0.3) is 0 Å². The van der Waals surface area contributed by atoms with Gasteiger partial charge in [0, 0.05) is 44.1 Å². The fraction of sp³-hybridized carbons (Fsp3) is 0.381. The van der Waals surface area contributed by atoms with Gasteiger partial charge < -0.3 is 5.11 Å². The van der Waals surface area contributed by atoms with Crippen LogP contribution in [0.15, 0.2) is 61.4 Å². The van der Waals surface area contributed by atoms with Gasteiger partial charge in [-0.2, -0.15) is 0 Å². The van der Waals surface area contributed by atoms with Crippen LogP contribution in [-0.2, 0) is 0 Å². The third-order valence-electron chi connectivity index (χ3n) is 5.04. The molecule has 1 aromatic heterocycles. The van der Waals surface area contributed by atoms with Gasteiger partial charge in [-0.1, -0.05) is 24.3 Å². The summed E-state index contributed by atoms with van der Waals surface area (Å²) in [7, 11) is 0. The molecule has 3 rings (SSSR count). The van der Waals surface area contributed by atoms with Gasteiger partial charge in [-0.15, -0.1) is 6.58 Å². The van der Waals surface area contributed by atoms with E-state index >= 15 is 0 Å². The largest absolute Gasteiger partial charge is 0.508 e. The first-order valence-corrected chi connectivity index (χ1v) is 8.89. The number of aromatic nitrogens is 1. The molecule has 4 heteroatoms. The molecular weight excluding hydrogens is 310 g/mol. The summed E-state index contributed by atoms with van der Waals surface area (Å²) in [6, 6.07) is 12.6. The van der Waals surface area contributed by atoms with E-state index < -0.39 is 0 Å². The number of benzene rings is 1. The minimum Gasteiger partial charge on any atom is -0.508 e. The van der Waals surface area contributed by atoms with Gasteiger partial charge in [-0.25, -0.2) is 0 Å². The molecule has 0 radical (unpaired) electrons. The summed E-state index contributed by atoms with van der Waals surface area (Å²) < 4.78 is 0. The summed E-state index contributed by atoms with van der Waals surface area (Å²) in [4.78, 5) is 9.32. The lowest BCUT2D eigenvalue weighted by Crippen LogP contribution is -2.57. The Morgan fingerprint density at radius 1 is 1.20 bits per heavy atom. The number of hydrogen-bond donors (Lipinski definition) is 1. The summed E-state index contributed by atoms with van der Waals surface area (Å²) in [6.07, 6.45) is 5.71. The molecule has 1 saturated heterocycles. The van der Waals surface area contributed by atoms with Gasteiger partial charge in [-0.05, 0) is 43.2 Å². The van der Waals surface area contributed by atoms with Crippen molar-refractivity contribution >= 4 is 0 Å². The minimum atomic E-state index is 0.0872. The quantitative estimate of drug-likeness (QED) is 0.848. The summed E-state index contributed by atoms with van der Waals surface area (Å²) in [5, 5.41) is 9.98. The molecule has 1 N–H and O–H groups in total. The second-order valence-electron chi connectivity index (χ2n) is 6.92. The second-order valence-corrected chi connectivity index (χ2v) is 6.92. The molecule has 1 aliphatic heterocycles. The van der Waals surface area contributed by atoms with Crippen LogP contribution in [0.5, 0.6) is 5.75 Å². The van der Waals surface area contributed by atoms with E-state index in [4.69, 9.17) is 0 Å². The van der Waals surface area contributed by atoms with Crippen molar-refractivity contribution in [3.8, 4) is 5.75 Å². The maximum atomic E-state index is 9.98. The van der Waals surface area contributed by atoms with E-state index in [0.717, 1.165) is 30.8 Å². The average Bonchev–Trinajstić information content (AvgIpc) is 2.60. The van der Waals surface area contributed by atoms with Gasteiger partial charge in [0.2, 0.25) is 0 Å². The molecule has 0 saturated carbocycles. The fourth-order valence-electron chi connectivity index (χ4n) is 3.81. The zero-order valence-electron chi connectivity index (χ0n) is 15.0. The molecule has 25 heavy (non-hydrogen) atoms. The standard InChI is InChI=1S/C21H27N3O/c1-4-11-23-14-17(3)24(15-16(23)2)21(19-8-6-10-22-13-19)18-7-5-9-20(25)12-18/h4-10,12-13,16-17,21,25H,1,11,14-15H2,2-3H3/t16-,17-,21?/m0/s1. The van der Waals surface area contributed by atoms with Gasteiger partial charge >= 0.3 is 0 Å². The lowest BCUT2D eigenvalue weighted by molar-refractivity contribution is 0.0305. The van der Waals surface area contributed by atoms with Gasteiger partial charge in [0.15, 0.2) is 0 Å². The molecule has 1 aromatic carbocycles. The van der Waals surface area contributed by atoms with Crippen LogP contribution in [-0.4, -0.2) is 51.6 Å². The molecular formula is C21H27N3O. The van der Waals surface area contributed by atoms with Crippen LogP contribution in [0.2, 0.25) is 0 Å². The topological polar surface area (TPSA) is 39.6 Å². The third kappa shape index (κ3) is 3.91. The SMILES string of the molecule is C=CCN1C[C@H](C)N(C(c2cccnc2)c2cccc(O)c2)C[C@@H]1C. The monoisotopic (exact) mass is 337 g/mol. The zero-order chi connectivity index (χ0) is 17.8. The number of aromatic hydroxyl groups is 1. The Kier molecular flexibility index (Phi) is 5.51. The summed E-state index contributed by atoms with van der Waals surface area (Å²) in [5.41, 5.74) is 2.26. The van der Waals surface area contributed by atoms with E-state index in [2.05, 4.69) is 47.3 Å². The smallest absolute Gasteiger partial charge is 0.115 e. The highest BCUT2D eigenvalue weighted by Crippen LogP contribution is 2.34. The highest BCUT2D eigenvalue weighted by Gasteiger charge is 2.34. The number of nitrogens with zero attached hydrogens (tertiary/aromatic N) is 3. The van der Waals surface area contributed by atoms with Crippen LogP contribution in [0.1, 0.15) is 31.0 Å². The Balaban J connectivity index is 1.96. The molecule has 2 aromatic rings. The van der Waals surface area contributed by atoms with E-state index in [1.807, 2.05) is 30.5 Å². The average molecular weight is 337 g/mol. The summed E-state index contributed by atoms with van der Waals surface area (Å²) in [6.45, 7) is 11.3. The Labute approximate surface area is 150 Å². The number of phenolic OH excluding ortho intramolecular Hbond substituents is 1. The number of hydrogen-bond acceptors (Lipinski definition) is 4. The van der Waals surface area contributed by atoms with Crippen LogP contribution in [0.4, 0.5) is 0 Å². The number of piperazine rings is 1. The molecule has 1 aliphatic rings. The lowest BCUT2D eigenvalue weighted by Gasteiger charge is -2.47. The first-order valence-electron chi connectivity index (χ1n) is 8.89. The molecule has 0 spiro atoms. The summed E-state index contributed by atoms with van der Waals surface area (Å²) >= 11 is 0. The van der Waals surface area contributed by atoms with Crippen molar-refractivity contribution in [2.45, 2.75) is 32.0 Å². The Morgan fingerprint density at radius 3 is 2.68 bits per heavy atom. The maximum Gasteiger partial charge on any atom is 0.115 e. The van der Waals surface area contributed by atoms with Gasteiger partial charge in [0.1, 0.15) is 5.75 Å². The molecule has 4 nitrogen and oxygen atoms in total. The predicted molar refractivity (Wildman–Crippen MR) is 102 cm³/mol. The van der Waals surface area contributed by atoms with E-state index in [0.29, 0.717) is 17.8 Å². The maximum absolute atomic E-state index is 9.98. The summed E-state index contributed by atoms with van der Waals surface area (Å²) in [5.74, 6) is 0.303. The van der Waals surface area contributed by atoms with Crippen molar-refractivity contribution in [1.82, 2.24) is 14.8 Å². The Hall–Kier alpha value is -2.17. The first kappa shape index (κ1) is 17.6. The van der Waals surface area contributed by atoms with E-state index in [9.17, 15) is 5.11 Å². The molecule has 1 unspecified atom stereocenters. The molecule has 3 atom stereocenters. The van der Waals surface area contributed by atoms with Crippen molar-refractivity contribution in [3.63, 3.8) is 0 Å². The third-order valence-corrected chi connectivity index (χ3v) is 5.04. The van der Waals surface area contributed by atoms with E-state index in [1.54, 1.807) is 12.3 Å². The molecule has 132 valence electrons. The van der Waals surface area contributed by atoms with Gasteiger partial charge in [0.25, 0.3) is 0 Å². The van der Waals surface area contributed by atoms with Crippen molar-refractivity contribution in [3.05, 3.63) is 72.6 Å². The number of pyridine rings is 1. The molecule has 0 amide bonds. The van der Waals surface area contributed by atoms with Gasteiger partial charge in [-0.3, -0.25) is 14.8 Å². The molecule has 1 fully saturated rings. The second kappa shape index (κ2) is 7.81. The minimum absolute atomic E-state index is 0.0872. The van der Waals surface area contributed by atoms with E-state index in [1.165, 1.54) is 0 Å². The molecule has 2 heterocycles. The Bertz CT molecular complexity index is 703. The molecule has 0 aliphatic carbocycles. The fourth-order valence-corrected chi connectivity index (χ4v) is 3.81. The zero-order valence-corrected chi connectivity index (χ0v) is 15.0. The highest BCUT2D eigenvalue weighted by molar-refractivity contribution is 5.35. The van der Waals surface area contributed by atoms with Crippen molar-refractivity contribution < 1.29 is 5.11 Å². The van der Waals surface area contributed by atoms with Gasteiger partial charge in [0.05, 0.1) is 6.04 Å². The Morgan fingerprint density at radius 2 is 2.00 bits per heavy atom. The highest BCUT2D eigenvalue weighted by atomic mass is 16.3. The first-order chi connectivity index (χ1) is 12.1. The van der Waals surface area contributed by atoms with E-state index in [-0.39, 0.29) is 6.04 Å². The van der Waals surface area contributed by atoms with Crippen molar-refractivity contribution in [1.29, 1.82) is 0 Å². The normalized spacial score (nSPS) is 23.3. The number of phenols is 1. The predicted octanol–water partition coefficient (Wildman–Crippen LogP) is 3.46. The number of rotatable bonds is 5. The van der Waals surface area contributed by atoms with Crippen LogP contribution >= 0.6 is 0 Å². The molecule has 0 bridgehead atoms. The lowest BCUT2D eigenvalue weighted by atomic mass is 9.94. The van der Waals surface area contributed by atoms with Crippen molar-refractivity contribution in [2.75, 3.05) is 19.6 Å². The van der Waals surface area contributed by atoms with Crippen LogP contribution in [0.3, 0.4) is 0 Å².